The van der Waals surface area contributed by atoms with Crippen molar-refractivity contribution in [2.45, 2.75) is 27.3 Å². The van der Waals surface area contributed by atoms with Crippen LogP contribution in [0.3, 0.4) is 0 Å². The summed E-state index contributed by atoms with van der Waals surface area (Å²) in [6.07, 6.45) is 0. The maximum absolute atomic E-state index is 14.4. The molecule has 0 fully saturated rings. The van der Waals surface area contributed by atoms with Gasteiger partial charge in [0.1, 0.15) is 12.4 Å². The summed E-state index contributed by atoms with van der Waals surface area (Å²) in [6.45, 7) is 5.34. The Bertz CT molecular complexity index is 827. The van der Waals surface area contributed by atoms with Gasteiger partial charge < -0.3 is 9.30 Å². The Hall–Kier alpha value is -1.51. The normalized spacial score (nSPS) is 9.71. The van der Waals surface area contributed by atoms with Crippen LogP contribution in [-0.2, 0) is 39.3 Å². The van der Waals surface area contributed by atoms with Gasteiger partial charge in [-0.05, 0) is 19.4 Å². The van der Waals surface area contributed by atoms with Crippen molar-refractivity contribution in [3.63, 3.8) is 0 Å². The van der Waals surface area contributed by atoms with Crippen molar-refractivity contribution in [1.82, 2.24) is 4.57 Å². The third-order valence-electron chi connectivity index (χ3n) is 3.33. The first-order valence-electron chi connectivity index (χ1n) is 7.13. The maximum Gasteiger partial charge on any atom is 0.197 e. The molecule has 123 valence electrons. The van der Waals surface area contributed by atoms with Crippen LogP contribution in [-0.4, -0.2) is 11.2 Å². The van der Waals surface area contributed by atoms with Crippen LogP contribution in [0.25, 0.3) is 11.3 Å². The van der Waals surface area contributed by atoms with Gasteiger partial charge in [0, 0.05) is 51.4 Å². The predicted molar refractivity (Wildman–Crippen MR) is 84.2 cm³/mol. The van der Waals surface area contributed by atoms with Crippen molar-refractivity contribution < 1.29 is 46.2 Å². The average Bonchev–Trinajstić information content (AvgIpc) is 2.50. The molecule has 0 aliphatic rings. The third kappa shape index (κ3) is 4.31. The Labute approximate surface area is 164 Å². The summed E-state index contributed by atoms with van der Waals surface area (Å²) in [7, 11) is 0. The Morgan fingerprint density at radius 1 is 1.29 bits per heavy atom. The van der Waals surface area contributed by atoms with E-state index in [-0.39, 0.29) is 68.4 Å². The zero-order chi connectivity index (χ0) is 17.0. The van der Waals surface area contributed by atoms with Crippen LogP contribution >= 0.6 is 0 Å². The number of ether oxygens (including phenoxy) is 1. The quantitative estimate of drug-likeness (QED) is 0.578. The van der Waals surface area contributed by atoms with E-state index >= 15 is 0 Å². The molecule has 24 heavy (non-hydrogen) atoms. The number of benzene rings is 1. The fourth-order valence-electron chi connectivity index (χ4n) is 2.19. The number of nitrogens with zero attached hydrogens (tertiary/aromatic N) is 1. The fraction of sp³-hybridized carbons (Fsp3) is 0.278. The van der Waals surface area contributed by atoms with Crippen molar-refractivity contribution in [2.24, 2.45) is 0 Å². The predicted octanol–water partition coefficient (Wildman–Crippen LogP) is 3.32. The minimum atomic E-state index is -0.814. The minimum absolute atomic E-state index is 0. The van der Waals surface area contributed by atoms with Gasteiger partial charge in [0.25, 0.3) is 0 Å². The Morgan fingerprint density at radius 3 is 2.46 bits per heavy atom. The number of hydrogen-bond donors (Lipinski definition) is 0. The van der Waals surface area contributed by atoms with Crippen LogP contribution in [0.4, 0.5) is 8.78 Å². The Balaban J connectivity index is 0.00000288. The molecule has 0 aliphatic heterocycles. The minimum Gasteiger partial charge on any atom is -0.481 e. The van der Waals surface area contributed by atoms with Crippen molar-refractivity contribution in [3.05, 3.63) is 51.8 Å². The van der Waals surface area contributed by atoms with E-state index in [1.54, 1.807) is 20.8 Å². The monoisotopic (exact) mass is 405 g/mol. The molecule has 2 aromatic rings. The smallest absolute Gasteiger partial charge is 0.197 e. The summed E-state index contributed by atoms with van der Waals surface area (Å²) in [4.78, 5) is 12.1. The number of halogens is 2. The van der Waals surface area contributed by atoms with E-state index in [2.05, 4.69) is 17.9 Å². The van der Waals surface area contributed by atoms with Crippen LogP contribution in [0.1, 0.15) is 19.4 Å². The molecular formula is C18H16F2NO2Y-. The second-order valence-corrected chi connectivity index (χ2v) is 4.85. The zero-order valence-corrected chi connectivity index (χ0v) is 16.6. The second kappa shape index (κ2) is 9.10. The largest absolute Gasteiger partial charge is 0.481 e. The topological polar surface area (TPSA) is 31.2 Å². The van der Waals surface area contributed by atoms with Crippen molar-refractivity contribution in [1.29, 1.82) is 0 Å². The van der Waals surface area contributed by atoms with E-state index in [0.717, 1.165) is 12.1 Å². The molecule has 0 amide bonds. The van der Waals surface area contributed by atoms with Crippen LogP contribution in [0.5, 0.6) is 5.75 Å². The van der Waals surface area contributed by atoms with E-state index in [9.17, 15) is 13.6 Å². The number of aryl methyl sites for hydroxylation is 1. The molecule has 0 spiro atoms. The molecule has 0 bridgehead atoms. The van der Waals surface area contributed by atoms with Crippen LogP contribution in [0, 0.1) is 36.5 Å². The second-order valence-electron chi connectivity index (χ2n) is 4.85. The Kier molecular flexibility index (Phi) is 7.79. The summed E-state index contributed by atoms with van der Waals surface area (Å²) in [6, 6.07) is 6.38. The van der Waals surface area contributed by atoms with E-state index in [4.69, 9.17) is 4.74 Å². The molecule has 1 radical (unpaired) electrons. The molecule has 1 aromatic heterocycles. The summed E-state index contributed by atoms with van der Waals surface area (Å²) in [5.41, 5.74) is -0.0380. The van der Waals surface area contributed by atoms with Crippen LogP contribution in [0.2, 0.25) is 0 Å². The van der Waals surface area contributed by atoms with Gasteiger partial charge >= 0.3 is 0 Å². The number of aromatic nitrogens is 1. The first-order valence-corrected chi connectivity index (χ1v) is 7.13. The summed E-state index contributed by atoms with van der Waals surface area (Å²) >= 11 is 0. The first-order chi connectivity index (χ1) is 11.0. The van der Waals surface area contributed by atoms with Crippen molar-refractivity contribution in [3.8, 4) is 28.8 Å². The van der Waals surface area contributed by atoms with Crippen LogP contribution < -0.4 is 10.3 Å². The zero-order valence-electron chi connectivity index (χ0n) is 13.7. The summed E-state index contributed by atoms with van der Waals surface area (Å²) in [5, 5.41) is 0. The molecule has 3 nitrogen and oxygen atoms in total. The molecule has 6 heteroatoms. The third-order valence-corrected chi connectivity index (χ3v) is 3.33. The van der Waals surface area contributed by atoms with Crippen molar-refractivity contribution in [2.75, 3.05) is 6.61 Å². The molecule has 0 unspecified atom stereocenters. The molecular weight excluding hydrogens is 389 g/mol. The standard InChI is InChI=1S/C18H16F2NO2.Y/c1-4-6-9-23-13-10-14(19)17(15(20)11-13)16-8-7-12(3)18(22)21(16)5-2;/h7,10-11H,5,9H2,1-3H3;/q-1;. The van der Waals surface area contributed by atoms with Gasteiger partial charge in [-0.25, -0.2) is 8.78 Å². The fourth-order valence-corrected chi connectivity index (χ4v) is 2.19. The van der Waals surface area contributed by atoms with Gasteiger partial charge in [0.2, 0.25) is 0 Å². The molecule has 1 heterocycles. The SMILES string of the molecule is CC#CCOc1cc(F)c(-c2[c-]cc(C)c(=O)n2CC)c(F)c1.[Y]. The molecule has 0 atom stereocenters. The van der Waals surface area contributed by atoms with Gasteiger partial charge in [-0.1, -0.05) is 24.1 Å². The Morgan fingerprint density at radius 2 is 1.92 bits per heavy atom. The number of pyridine rings is 1. The molecule has 0 saturated carbocycles. The molecule has 2 rings (SSSR count). The van der Waals surface area contributed by atoms with Gasteiger partial charge in [-0.2, -0.15) is 12.1 Å². The van der Waals surface area contributed by atoms with Crippen LogP contribution in [0.15, 0.2) is 23.0 Å². The van der Waals surface area contributed by atoms with E-state index in [0.29, 0.717) is 5.56 Å². The summed E-state index contributed by atoms with van der Waals surface area (Å²) in [5.74, 6) is 3.69. The summed E-state index contributed by atoms with van der Waals surface area (Å²) < 4.78 is 35.2. The van der Waals surface area contributed by atoms with E-state index in [1.807, 2.05) is 0 Å². The van der Waals surface area contributed by atoms with E-state index < -0.39 is 11.6 Å². The molecule has 0 N–H and O–H groups in total. The maximum atomic E-state index is 14.4. The van der Waals surface area contributed by atoms with E-state index in [1.165, 1.54) is 10.6 Å². The van der Waals surface area contributed by atoms with Crippen molar-refractivity contribution >= 4 is 0 Å². The molecule has 0 aliphatic carbocycles. The average molecular weight is 405 g/mol. The molecule has 1 aromatic carbocycles. The van der Waals surface area contributed by atoms with Gasteiger partial charge in [0.15, 0.2) is 5.56 Å². The van der Waals surface area contributed by atoms with Gasteiger partial charge in [-0.3, -0.25) is 4.79 Å². The molecule has 0 saturated heterocycles. The number of hydrogen-bond acceptors (Lipinski definition) is 2. The number of rotatable bonds is 4. The first kappa shape index (κ1) is 20.5. The van der Waals surface area contributed by atoms with Gasteiger partial charge in [-0.15, -0.1) is 5.92 Å². The van der Waals surface area contributed by atoms with Gasteiger partial charge in [0.05, 0.1) is 11.6 Å².